The van der Waals surface area contributed by atoms with E-state index in [2.05, 4.69) is 39.5 Å². The van der Waals surface area contributed by atoms with Crippen LogP contribution in [0.25, 0.3) is 0 Å². The zero-order valence-corrected chi connectivity index (χ0v) is 23.4. The Morgan fingerprint density at radius 1 is 0.323 bits per heavy atom. The fourth-order valence-corrected chi connectivity index (χ4v) is 6.74. The fraction of sp³-hybridized carbons (Fsp3) is 1.00. The first-order valence-electron chi connectivity index (χ1n) is 14.9. The van der Waals surface area contributed by atoms with E-state index in [1.54, 1.807) is 0 Å². The van der Waals surface area contributed by atoms with Gasteiger partial charge in [0.1, 0.15) is 0 Å². The minimum Gasteiger partial charge on any atom is -0.155 e. The molecule has 0 radical (unpaired) electrons. The van der Waals surface area contributed by atoms with Crippen LogP contribution in [0.3, 0.4) is 0 Å². The smallest absolute Gasteiger partial charge is 0.00497 e. The van der Waals surface area contributed by atoms with E-state index in [-0.39, 0.29) is 0 Å². The van der Waals surface area contributed by atoms with Crippen LogP contribution < -0.4 is 0 Å². The van der Waals surface area contributed by atoms with Crippen molar-refractivity contribution in [1.82, 2.24) is 0 Å². The lowest BCUT2D eigenvalue weighted by Gasteiger charge is -2.23. The lowest BCUT2D eigenvalue weighted by molar-refractivity contribution is 0.539. The Balaban J connectivity index is 3.88. The molecule has 0 bridgehead atoms. The molecule has 31 heavy (non-hydrogen) atoms. The third-order valence-electron chi connectivity index (χ3n) is 6.87. The summed E-state index contributed by atoms with van der Waals surface area (Å²) in [6.45, 7) is 9.40. The first-order chi connectivity index (χ1) is 15.3. The second-order valence-corrected chi connectivity index (χ2v) is 11.8. The molecule has 0 spiro atoms. The highest BCUT2D eigenvalue weighted by Crippen LogP contribution is 2.32. The molecule has 0 fully saturated rings. The van der Waals surface area contributed by atoms with Gasteiger partial charge in [-0.3, -0.25) is 0 Å². The van der Waals surface area contributed by atoms with Crippen molar-refractivity contribution in [2.75, 3.05) is 0 Å². The van der Waals surface area contributed by atoms with Crippen molar-refractivity contribution < 1.29 is 0 Å². The van der Waals surface area contributed by atoms with Gasteiger partial charge in [0.25, 0.3) is 0 Å². The predicted octanol–water partition coefficient (Wildman–Crippen LogP) is 11.9. The monoisotopic (exact) mass is 454 g/mol. The molecule has 0 aromatic carbocycles. The van der Waals surface area contributed by atoms with Crippen molar-refractivity contribution >= 4 is 11.8 Å². The normalized spacial score (nSPS) is 13.5. The van der Waals surface area contributed by atoms with Crippen molar-refractivity contribution in [3.63, 3.8) is 0 Å². The summed E-state index contributed by atoms with van der Waals surface area (Å²) in [6, 6.07) is 0. The molecule has 0 N–H and O–H groups in total. The number of thioether (sulfide) groups is 1. The molecule has 0 aliphatic rings. The standard InChI is InChI=1S/C30H62S/c1-5-9-11-13-15-17-19-21-23-27-29(25-7-3)31-30(26-8-4)28-24-22-20-18-16-14-12-10-6-2/h29-30H,5-28H2,1-4H3. The highest BCUT2D eigenvalue weighted by molar-refractivity contribution is 8.00. The van der Waals surface area contributed by atoms with Crippen LogP contribution >= 0.6 is 11.8 Å². The molecule has 2 unspecified atom stereocenters. The average Bonchev–Trinajstić information content (AvgIpc) is 2.77. The molecule has 0 saturated carbocycles. The maximum atomic E-state index is 2.39. The van der Waals surface area contributed by atoms with Crippen molar-refractivity contribution in [3.8, 4) is 0 Å². The molecule has 2 atom stereocenters. The summed E-state index contributed by atoms with van der Waals surface area (Å²) in [5, 5.41) is 1.87. The molecule has 0 saturated heterocycles. The summed E-state index contributed by atoms with van der Waals surface area (Å²) in [4.78, 5) is 0. The van der Waals surface area contributed by atoms with E-state index < -0.39 is 0 Å². The van der Waals surface area contributed by atoms with E-state index in [4.69, 9.17) is 0 Å². The molecule has 0 aliphatic carbocycles. The van der Waals surface area contributed by atoms with Crippen LogP contribution in [0.5, 0.6) is 0 Å². The zero-order chi connectivity index (χ0) is 22.8. The molecule has 1 heteroatoms. The van der Waals surface area contributed by atoms with Gasteiger partial charge in [0, 0.05) is 10.5 Å². The Labute approximate surface area is 203 Å². The molecule has 0 nitrogen and oxygen atoms in total. The van der Waals surface area contributed by atoms with E-state index >= 15 is 0 Å². The summed E-state index contributed by atoms with van der Waals surface area (Å²) in [5.41, 5.74) is 0. The van der Waals surface area contributed by atoms with Crippen LogP contribution in [0.15, 0.2) is 0 Å². The number of hydrogen-bond acceptors (Lipinski definition) is 1. The summed E-state index contributed by atoms with van der Waals surface area (Å²) in [6.07, 6.45) is 34.8. The van der Waals surface area contributed by atoms with Gasteiger partial charge in [-0.15, -0.1) is 0 Å². The Hall–Kier alpha value is 0.350. The number of rotatable bonds is 26. The molecule has 0 rings (SSSR count). The van der Waals surface area contributed by atoms with E-state index in [9.17, 15) is 0 Å². The minimum absolute atomic E-state index is 0.935. The van der Waals surface area contributed by atoms with E-state index in [1.165, 1.54) is 154 Å². The zero-order valence-electron chi connectivity index (χ0n) is 22.5. The van der Waals surface area contributed by atoms with Gasteiger partial charge < -0.3 is 0 Å². The van der Waals surface area contributed by atoms with Crippen LogP contribution in [-0.4, -0.2) is 10.5 Å². The molecule has 0 aromatic rings. The maximum Gasteiger partial charge on any atom is 0.00497 e. The van der Waals surface area contributed by atoms with Gasteiger partial charge in [-0.25, -0.2) is 0 Å². The van der Waals surface area contributed by atoms with Crippen molar-refractivity contribution in [1.29, 1.82) is 0 Å². The molecule has 0 amide bonds. The van der Waals surface area contributed by atoms with Gasteiger partial charge in [0.05, 0.1) is 0 Å². The lowest BCUT2D eigenvalue weighted by Crippen LogP contribution is -2.12. The number of unbranched alkanes of at least 4 members (excludes halogenated alkanes) is 16. The first kappa shape index (κ1) is 31.4. The lowest BCUT2D eigenvalue weighted by atomic mass is 10.0. The molecular formula is C30H62S. The SMILES string of the molecule is CCCCCCCCCCCC(CCC)SC(CCC)CCCCCCCCCCC. The Morgan fingerprint density at radius 3 is 0.903 bits per heavy atom. The van der Waals surface area contributed by atoms with E-state index in [1.807, 2.05) is 0 Å². The van der Waals surface area contributed by atoms with Gasteiger partial charge >= 0.3 is 0 Å². The van der Waals surface area contributed by atoms with Crippen molar-refractivity contribution in [2.45, 2.75) is 192 Å². The summed E-state index contributed by atoms with van der Waals surface area (Å²) in [7, 11) is 0. The van der Waals surface area contributed by atoms with Crippen LogP contribution in [-0.2, 0) is 0 Å². The highest BCUT2D eigenvalue weighted by atomic mass is 32.2. The Morgan fingerprint density at radius 2 is 0.613 bits per heavy atom. The van der Waals surface area contributed by atoms with Crippen LogP contribution in [0.4, 0.5) is 0 Å². The quantitative estimate of drug-likeness (QED) is 0.117. The fourth-order valence-electron chi connectivity index (χ4n) is 4.84. The van der Waals surface area contributed by atoms with Crippen molar-refractivity contribution in [3.05, 3.63) is 0 Å². The summed E-state index contributed by atoms with van der Waals surface area (Å²) in [5.74, 6) is 0. The molecule has 0 aromatic heterocycles. The van der Waals surface area contributed by atoms with E-state index in [0.717, 1.165) is 10.5 Å². The molecule has 0 aliphatic heterocycles. The van der Waals surface area contributed by atoms with Gasteiger partial charge in [-0.1, -0.05) is 156 Å². The maximum absolute atomic E-state index is 2.39. The number of hydrogen-bond donors (Lipinski definition) is 0. The average molecular weight is 455 g/mol. The summed E-state index contributed by atoms with van der Waals surface area (Å²) >= 11 is 2.39. The predicted molar refractivity (Wildman–Crippen MR) is 149 cm³/mol. The third-order valence-corrected chi connectivity index (χ3v) is 8.58. The topological polar surface area (TPSA) is 0 Å². The second kappa shape index (κ2) is 26.6. The summed E-state index contributed by atoms with van der Waals surface area (Å²) < 4.78 is 0. The van der Waals surface area contributed by atoms with Gasteiger partial charge in [-0.05, 0) is 25.7 Å². The van der Waals surface area contributed by atoms with Crippen LogP contribution in [0, 0.1) is 0 Å². The highest BCUT2D eigenvalue weighted by Gasteiger charge is 2.16. The Kier molecular flexibility index (Phi) is 26.9. The van der Waals surface area contributed by atoms with Gasteiger partial charge in [-0.2, -0.15) is 11.8 Å². The van der Waals surface area contributed by atoms with Gasteiger partial charge in [0.2, 0.25) is 0 Å². The van der Waals surface area contributed by atoms with Crippen molar-refractivity contribution in [2.24, 2.45) is 0 Å². The van der Waals surface area contributed by atoms with Crippen LogP contribution in [0.1, 0.15) is 182 Å². The minimum atomic E-state index is 0.935. The largest absolute Gasteiger partial charge is 0.155 e. The first-order valence-corrected chi connectivity index (χ1v) is 15.9. The third kappa shape index (κ3) is 23.3. The molecular weight excluding hydrogens is 392 g/mol. The molecule has 0 heterocycles. The molecule has 188 valence electrons. The van der Waals surface area contributed by atoms with Gasteiger partial charge in [0.15, 0.2) is 0 Å². The Bertz CT molecular complexity index is 284. The van der Waals surface area contributed by atoms with E-state index in [0.29, 0.717) is 0 Å². The van der Waals surface area contributed by atoms with Crippen LogP contribution in [0.2, 0.25) is 0 Å². The second-order valence-electron chi connectivity index (χ2n) is 10.2.